The second-order valence-electron chi connectivity index (χ2n) is 19.4. The average molecular weight is 940 g/mol. The average Bonchev–Trinajstić information content (AvgIpc) is 3.78. The Labute approximate surface area is 382 Å². The minimum absolute atomic E-state index is 0. The van der Waals surface area contributed by atoms with Crippen LogP contribution in [0.1, 0.15) is 75.3 Å². The molecule has 2 aliphatic rings. The van der Waals surface area contributed by atoms with Gasteiger partial charge in [-0.25, -0.2) is 0 Å². The van der Waals surface area contributed by atoms with Crippen LogP contribution in [0.5, 0.6) is 0 Å². The van der Waals surface area contributed by atoms with Crippen molar-refractivity contribution >= 4 is 53.5 Å². The quantitative estimate of drug-likeness (QED) is 0.106. The first-order valence-corrected chi connectivity index (χ1v) is 35.0. The predicted molar refractivity (Wildman–Crippen MR) is 254 cm³/mol. The van der Waals surface area contributed by atoms with E-state index in [1.807, 2.05) is 0 Å². The first kappa shape index (κ1) is 48.9. The molecule has 0 amide bonds. The Morgan fingerprint density at radius 2 is 0.845 bits per heavy atom. The van der Waals surface area contributed by atoms with Crippen LogP contribution in [0.2, 0.25) is 52.4 Å². The molecule has 6 heteroatoms. The zero-order chi connectivity index (χ0) is 39.9. The van der Waals surface area contributed by atoms with Crippen LogP contribution in [-0.2, 0) is 36.2 Å². The maximum atomic E-state index is 2.46. The number of hydrogen-bond acceptors (Lipinski definition) is 0. The van der Waals surface area contributed by atoms with Gasteiger partial charge in [-0.1, -0.05) is 186 Å². The number of hydrogen-bond donors (Lipinski definition) is 0. The molecule has 0 aromatic heterocycles. The van der Waals surface area contributed by atoms with Gasteiger partial charge in [-0.3, -0.25) is 0 Å². The molecular formula is C52H68Cl2Si3Zr-2. The van der Waals surface area contributed by atoms with E-state index < -0.39 is 16.1 Å². The predicted octanol–water partition coefficient (Wildman–Crippen LogP) is 8.58. The third-order valence-electron chi connectivity index (χ3n) is 12.2. The monoisotopic (exact) mass is 936 g/mol. The summed E-state index contributed by atoms with van der Waals surface area (Å²) in [6.45, 7) is 19.1. The van der Waals surface area contributed by atoms with Gasteiger partial charge in [0.1, 0.15) is 0 Å². The molecule has 2 saturated carbocycles. The second-order valence-corrected chi connectivity index (χ2v) is 38.9. The minimum Gasteiger partial charge on any atom is -1.00 e. The number of rotatable bonds is 8. The molecule has 0 bridgehead atoms. The largest absolute Gasteiger partial charge is 1.00 e. The van der Waals surface area contributed by atoms with E-state index in [4.69, 9.17) is 0 Å². The van der Waals surface area contributed by atoms with Crippen LogP contribution >= 0.6 is 0 Å². The fourth-order valence-corrected chi connectivity index (χ4v) is 11.4. The van der Waals surface area contributed by atoms with E-state index in [9.17, 15) is 0 Å². The van der Waals surface area contributed by atoms with Crippen LogP contribution in [0, 0.1) is 11.8 Å². The summed E-state index contributed by atoms with van der Waals surface area (Å²) in [5.41, 5.74) is 8.78. The van der Waals surface area contributed by atoms with Crippen LogP contribution < -0.4 is 35.2 Å². The maximum absolute atomic E-state index is 2.46. The zero-order valence-corrected chi connectivity index (χ0v) is 43.8. The summed E-state index contributed by atoms with van der Waals surface area (Å²) >= 11 is 1.74. The molecule has 308 valence electrons. The summed E-state index contributed by atoms with van der Waals surface area (Å²) in [4.78, 5) is 0. The third-order valence-corrected chi connectivity index (χ3v) is 16.4. The van der Waals surface area contributed by atoms with E-state index in [-0.39, 0.29) is 30.2 Å². The van der Waals surface area contributed by atoms with Gasteiger partial charge in [-0.05, 0) is 35.8 Å². The van der Waals surface area contributed by atoms with E-state index in [2.05, 4.69) is 162 Å². The van der Waals surface area contributed by atoms with Crippen molar-refractivity contribution in [2.24, 2.45) is 11.8 Å². The van der Waals surface area contributed by atoms with Crippen LogP contribution in [-0.4, -0.2) is 21.6 Å². The molecule has 0 spiro atoms. The Balaban J connectivity index is 0.000000228. The SMILES string of the molecule is C[Si](C)(C)c1ccc(-c2cccc3[cH-]c(CC4CCCCC4)cc23)cc1.C[Si](C)(C)c1ccc(-c2cccc3[cH-]c(CC4CCCCC4)cc23)cc1.C[Si](C)=[Zr+2].[Cl-].[Cl-]. The van der Waals surface area contributed by atoms with Crippen LogP contribution in [0.4, 0.5) is 0 Å². The number of benzene rings is 4. The van der Waals surface area contributed by atoms with E-state index in [1.54, 1.807) is 23.3 Å². The molecule has 0 saturated heterocycles. The summed E-state index contributed by atoms with van der Waals surface area (Å²) in [5, 5.41) is 8.74. The fourth-order valence-electron chi connectivity index (χ4n) is 9.08. The van der Waals surface area contributed by atoms with E-state index in [1.165, 1.54) is 142 Å². The number of halogens is 2. The molecule has 8 rings (SSSR count). The standard InChI is InChI=1S/2C25H31Si.C2H6Si.2ClH.Zr/c2*1-26(2,3)23-14-12-21(13-15-23)24-11-7-10-22-17-20(18-25(22)24)16-19-8-5-4-6-9-19;1-3-2;;;/h2*7,10-15,17-19H,4-6,8-9,16H2,1-3H3;1-2H3;2*1H;/q2*-1;;;;+2/p-2. The molecule has 0 unspecified atom stereocenters. The molecule has 58 heavy (non-hydrogen) atoms. The van der Waals surface area contributed by atoms with Crippen molar-refractivity contribution in [1.82, 2.24) is 0 Å². The van der Waals surface area contributed by atoms with E-state index in [0.717, 1.165) is 11.8 Å². The fraction of sp³-hybridized carbons (Fsp3) is 0.423. The van der Waals surface area contributed by atoms with Crippen LogP contribution in [0.15, 0.2) is 109 Å². The number of fused-ring (bicyclic) bond motifs is 2. The Kier molecular flexibility index (Phi) is 18.8. The summed E-state index contributed by atoms with van der Waals surface area (Å²) < 4.78 is 0. The molecule has 2 aliphatic carbocycles. The van der Waals surface area contributed by atoms with E-state index in [0.29, 0.717) is 0 Å². The normalized spacial score (nSPS) is 15.1. The summed E-state index contributed by atoms with van der Waals surface area (Å²) in [7, 11) is -2.46. The minimum atomic E-state index is -1.23. The maximum Gasteiger partial charge on any atom is -1.00 e. The van der Waals surface area contributed by atoms with Crippen molar-refractivity contribution in [2.45, 2.75) is 129 Å². The molecule has 0 N–H and O–H groups in total. The van der Waals surface area contributed by atoms with Crippen molar-refractivity contribution in [3.8, 4) is 22.3 Å². The van der Waals surface area contributed by atoms with E-state index >= 15 is 0 Å². The van der Waals surface area contributed by atoms with Gasteiger partial charge in [0.2, 0.25) is 0 Å². The molecule has 6 aromatic carbocycles. The van der Waals surface area contributed by atoms with Gasteiger partial charge in [0.05, 0.1) is 16.1 Å². The van der Waals surface area contributed by atoms with Gasteiger partial charge in [0.25, 0.3) is 0 Å². The topological polar surface area (TPSA) is 0 Å². The first-order valence-electron chi connectivity index (χ1n) is 21.8. The molecule has 2 fully saturated rings. The van der Waals surface area contributed by atoms with Crippen LogP contribution in [0.25, 0.3) is 43.8 Å². The summed E-state index contributed by atoms with van der Waals surface area (Å²) in [5.74, 6) is 1.81. The Morgan fingerprint density at radius 1 is 0.517 bits per heavy atom. The van der Waals surface area contributed by atoms with Crippen molar-refractivity contribution < 1.29 is 48.1 Å². The van der Waals surface area contributed by atoms with Crippen molar-refractivity contribution in [3.63, 3.8) is 0 Å². The van der Waals surface area contributed by atoms with Gasteiger partial charge in [0, 0.05) is 0 Å². The first-order chi connectivity index (χ1) is 26.7. The smallest absolute Gasteiger partial charge is 1.00 e. The Morgan fingerprint density at radius 3 is 1.16 bits per heavy atom. The molecule has 0 radical (unpaired) electrons. The van der Waals surface area contributed by atoms with Crippen molar-refractivity contribution in [1.29, 1.82) is 0 Å². The molecule has 0 heterocycles. The molecule has 0 aliphatic heterocycles. The zero-order valence-electron chi connectivity index (χ0n) is 36.8. The van der Waals surface area contributed by atoms with Crippen molar-refractivity contribution in [3.05, 3.63) is 120 Å². The van der Waals surface area contributed by atoms with Crippen LogP contribution in [0.3, 0.4) is 0 Å². The molecular weight excluding hydrogens is 871 g/mol. The van der Waals surface area contributed by atoms with Gasteiger partial charge < -0.3 is 24.8 Å². The molecule has 6 aromatic rings. The van der Waals surface area contributed by atoms with Crippen molar-refractivity contribution in [2.75, 3.05) is 0 Å². The van der Waals surface area contributed by atoms with Gasteiger partial charge in [-0.2, -0.15) is 12.1 Å². The Hall–Kier alpha value is -1.79. The third kappa shape index (κ3) is 13.6. The van der Waals surface area contributed by atoms with Gasteiger partial charge >= 0.3 is 41.9 Å². The summed E-state index contributed by atoms with van der Waals surface area (Å²) in [6.07, 6.45) is 16.8. The van der Waals surface area contributed by atoms with Gasteiger partial charge in [-0.15, -0.1) is 69.1 Å². The second kappa shape index (κ2) is 22.3. The molecule has 0 nitrogen and oxygen atoms in total. The Bertz CT molecular complexity index is 2010. The van der Waals surface area contributed by atoms with Gasteiger partial charge in [0.15, 0.2) is 0 Å². The molecule has 0 atom stereocenters. The summed E-state index contributed by atoms with van der Waals surface area (Å²) in [6, 6.07) is 42.1.